The zero-order valence-electron chi connectivity index (χ0n) is 25.4. The van der Waals surface area contributed by atoms with Crippen LogP contribution >= 0.6 is 0 Å². The first-order valence-electron chi connectivity index (χ1n) is 15.6. The Balaban J connectivity index is 1.40. The summed E-state index contributed by atoms with van der Waals surface area (Å²) in [6, 6.07) is 29.4. The number of benzene rings is 5. The van der Waals surface area contributed by atoms with Gasteiger partial charge in [-0.1, -0.05) is 84.9 Å². The molecule has 9 rings (SSSR count). The van der Waals surface area contributed by atoms with Crippen LogP contribution in [0.15, 0.2) is 103 Å². The van der Waals surface area contributed by atoms with Crippen molar-refractivity contribution in [3.63, 3.8) is 0 Å². The lowest BCUT2D eigenvalue weighted by Crippen LogP contribution is -2.09. The Morgan fingerprint density at radius 1 is 0.510 bits per heavy atom. The maximum absolute atomic E-state index is 15.4. The van der Waals surface area contributed by atoms with Gasteiger partial charge in [0.25, 0.3) is 0 Å². The van der Waals surface area contributed by atoms with E-state index in [2.05, 4.69) is 6.08 Å². The van der Waals surface area contributed by atoms with Crippen molar-refractivity contribution >= 4 is 38.8 Å². The Kier molecular flexibility index (Phi) is 6.48. The molecular formula is C39H22F5N5. The van der Waals surface area contributed by atoms with Gasteiger partial charge in [0.1, 0.15) is 5.69 Å². The van der Waals surface area contributed by atoms with Crippen LogP contribution < -0.4 is 0 Å². The second-order valence-electron chi connectivity index (χ2n) is 11.8. The van der Waals surface area contributed by atoms with E-state index in [0.29, 0.717) is 45.8 Å². The van der Waals surface area contributed by atoms with Crippen LogP contribution in [0, 0.1) is 29.1 Å². The molecule has 1 aliphatic carbocycles. The summed E-state index contributed by atoms with van der Waals surface area (Å²) in [5, 5.41) is 1.98. The molecule has 5 nitrogen and oxygen atoms in total. The lowest BCUT2D eigenvalue weighted by atomic mass is 9.98. The van der Waals surface area contributed by atoms with Crippen LogP contribution in [-0.2, 0) is 6.42 Å². The predicted octanol–water partition coefficient (Wildman–Crippen LogP) is 9.90. The summed E-state index contributed by atoms with van der Waals surface area (Å²) in [6.45, 7) is 0. The molecule has 0 radical (unpaired) electrons. The van der Waals surface area contributed by atoms with Crippen LogP contribution in [-0.4, -0.2) is 24.1 Å². The highest BCUT2D eigenvalue weighted by molar-refractivity contribution is 6.22. The van der Waals surface area contributed by atoms with Gasteiger partial charge in [-0.25, -0.2) is 26.9 Å². The minimum absolute atomic E-state index is 0.289. The number of nitrogens with zero attached hydrogens (tertiary/aromatic N) is 5. The van der Waals surface area contributed by atoms with Crippen molar-refractivity contribution in [2.45, 2.75) is 12.8 Å². The molecule has 3 aromatic heterocycles. The Morgan fingerprint density at radius 3 is 1.69 bits per heavy atom. The number of hydrogen-bond acceptors (Lipinski definition) is 3. The fraction of sp³-hybridized carbons (Fsp3) is 0.0513. The zero-order valence-corrected chi connectivity index (χ0v) is 25.4. The quantitative estimate of drug-likeness (QED) is 0.108. The molecule has 8 aromatic rings. The summed E-state index contributed by atoms with van der Waals surface area (Å²) in [7, 11) is 0. The van der Waals surface area contributed by atoms with E-state index in [4.69, 9.17) is 15.0 Å². The number of aryl methyl sites for hydroxylation is 1. The minimum atomic E-state index is -2.21. The van der Waals surface area contributed by atoms with Gasteiger partial charge in [0.15, 0.2) is 34.9 Å². The van der Waals surface area contributed by atoms with Gasteiger partial charge in [-0.15, -0.1) is 0 Å². The van der Waals surface area contributed by atoms with E-state index in [1.165, 1.54) is 0 Å². The molecule has 1 aliphatic rings. The number of rotatable bonds is 4. The molecule has 0 bridgehead atoms. The number of hydrogen-bond donors (Lipinski definition) is 0. The second kappa shape index (κ2) is 10.9. The lowest BCUT2D eigenvalue weighted by molar-refractivity contribution is 0.376. The molecule has 0 saturated heterocycles. The average Bonchev–Trinajstić information content (AvgIpc) is 3.67. The van der Waals surface area contributed by atoms with E-state index in [1.807, 2.05) is 71.3 Å². The number of para-hydroxylation sites is 1. The molecule has 0 spiro atoms. The van der Waals surface area contributed by atoms with Crippen molar-refractivity contribution in [3.8, 4) is 34.4 Å². The van der Waals surface area contributed by atoms with Gasteiger partial charge in [-0.3, -0.25) is 4.57 Å². The van der Waals surface area contributed by atoms with E-state index in [1.54, 1.807) is 36.4 Å². The zero-order chi connectivity index (χ0) is 33.4. The molecule has 238 valence electrons. The van der Waals surface area contributed by atoms with Crippen molar-refractivity contribution in [2.75, 3.05) is 0 Å². The maximum atomic E-state index is 15.4. The Bertz CT molecular complexity index is 2570. The molecule has 3 heterocycles. The molecule has 5 aromatic carbocycles. The normalized spacial score (nSPS) is 12.8. The second-order valence-corrected chi connectivity index (χ2v) is 11.8. The molecule has 0 N–H and O–H groups in total. The van der Waals surface area contributed by atoms with Gasteiger partial charge in [0, 0.05) is 27.3 Å². The third kappa shape index (κ3) is 4.26. The van der Waals surface area contributed by atoms with E-state index in [0.717, 1.165) is 38.8 Å². The van der Waals surface area contributed by atoms with Gasteiger partial charge in [0.05, 0.1) is 22.2 Å². The van der Waals surface area contributed by atoms with Crippen molar-refractivity contribution in [2.24, 2.45) is 0 Å². The molecule has 0 unspecified atom stereocenters. The van der Waals surface area contributed by atoms with Crippen molar-refractivity contribution < 1.29 is 22.0 Å². The average molecular weight is 656 g/mol. The molecule has 0 saturated carbocycles. The SMILES string of the molecule is Fc1c(F)c(F)c(-n2c3ccccc3c3c4c5c(n(-c6nc(-c7ccccc7)nc(-c7ccccc7)n6)c4ccc32)C=CCC5)c(F)c1F. The third-order valence-corrected chi connectivity index (χ3v) is 9.04. The van der Waals surface area contributed by atoms with Crippen LogP contribution in [0.1, 0.15) is 17.7 Å². The predicted molar refractivity (Wildman–Crippen MR) is 179 cm³/mol. The number of allylic oxidation sites excluding steroid dienone is 1. The van der Waals surface area contributed by atoms with Gasteiger partial charge < -0.3 is 4.57 Å². The first kappa shape index (κ1) is 29.0. The number of halogens is 5. The van der Waals surface area contributed by atoms with Gasteiger partial charge in [0.2, 0.25) is 11.8 Å². The van der Waals surface area contributed by atoms with Crippen molar-refractivity contribution in [1.82, 2.24) is 24.1 Å². The van der Waals surface area contributed by atoms with Crippen LogP contribution in [0.3, 0.4) is 0 Å². The first-order valence-corrected chi connectivity index (χ1v) is 15.6. The highest BCUT2D eigenvalue weighted by atomic mass is 19.2. The van der Waals surface area contributed by atoms with E-state index in [9.17, 15) is 13.2 Å². The first-order chi connectivity index (χ1) is 23.9. The Hall–Kier alpha value is -6.16. The molecule has 10 heteroatoms. The molecule has 0 atom stereocenters. The Morgan fingerprint density at radius 2 is 1.06 bits per heavy atom. The topological polar surface area (TPSA) is 48.5 Å². The number of aromatic nitrogens is 5. The summed E-state index contributed by atoms with van der Waals surface area (Å²) in [5.74, 6) is -8.72. The largest absolute Gasteiger partial charge is 0.304 e. The maximum Gasteiger partial charge on any atom is 0.238 e. The van der Waals surface area contributed by atoms with Crippen LogP contribution in [0.4, 0.5) is 22.0 Å². The molecule has 49 heavy (non-hydrogen) atoms. The smallest absolute Gasteiger partial charge is 0.238 e. The van der Waals surface area contributed by atoms with E-state index < -0.39 is 34.8 Å². The van der Waals surface area contributed by atoms with Crippen molar-refractivity contribution in [3.05, 3.63) is 143 Å². The number of fused-ring (bicyclic) bond motifs is 7. The van der Waals surface area contributed by atoms with Gasteiger partial charge in [-0.05, 0) is 42.7 Å². The summed E-state index contributed by atoms with van der Waals surface area (Å²) >= 11 is 0. The van der Waals surface area contributed by atoms with Crippen LogP contribution in [0.2, 0.25) is 0 Å². The summed E-state index contributed by atoms with van der Waals surface area (Å²) in [6.07, 6.45) is 5.44. The van der Waals surface area contributed by atoms with E-state index in [-0.39, 0.29) is 5.52 Å². The third-order valence-electron chi connectivity index (χ3n) is 9.04. The molecular weight excluding hydrogens is 633 g/mol. The summed E-state index contributed by atoms with van der Waals surface area (Å²) < 4.78 is 77.2. The van der Waals surface area contributed by atoms with Gasteiger partial charge >= 0.3 is 0 Å². The minimum Gasteiger partial charge on any atom is -0.304 e. The lowest BCUT2D eigenvalue weighted by Gasteiger charge is -2.13. The van der Waals surface area contributed by atoms with Gasteiger partial charge in [-0.2, -0.15) is 9.97 Å². The summed E-state index contributed by atoms with van der Waals surface area (Å²) in [5.41, 5.74) is 3.64. The fourth-order valence-corrected chi connectivity index (χ4v) is 6.93. The highest BCUT2D eigenvalue weighted by Crippen LogP contribution is 2.44. The van der Waals surface area contributed by atoms with Crippen LogP contribution in [0.25, 0.3) is 73.2 Å². The van der Waals surface area contributed by atoms with Crippen molar-refractivity contribution in [1.29, 1.82) is 0 Å². The standard InChI is InChI=1S/C39H22F5N5/c40-31-32(41)34(43)36(35(44)33(31)42)48-25-17-9-7-15-23(25)29-27(48)19-20-28-30(29)24-16-8-10-18-26(24)49(28)39-46-37(21-11-3-1-4-12-21)45-38(47-39)22-13-5-2-6-14-22/h1-7,9-15,17-20H,8,16H2. The summed E-state index contributed by atoms with van der Waals surface area (Å²) in [4.78, 5) is 14.7. The fourth-order valence-electron chi connectivity index (χ4n) is 6.93. The molecule has 0 aliphatic heterocycles. The van der Waals surface area contributed by atoms with E-state index >= 15 is 8.78 Å². The van der Waals surface area contributed by atoms with Crippen LogP contribution in [0.5, 0.6) is 0 Å². The molecule has 0 amide bonds. The Labute approximate surface area is 275 Å². The monoisotopic (exact) mass is 655 g/mol. The highest BCUT2D eigenvalue weighted by Gasteiger charge is 2.31. The molecule has 0 fully saturated rings.